The summed E-state index contributed by atoms with van der Waals surface area (Å²) in [6.07, 6.45) is 4.91. The van der Waals surface area contributed by atoms with Crippen LogP contribution in [0.4, 0.5) is 0 Å². The van der Waals surface area contributed by atoms with Gasteiger partial charge in [0.05, 0.1) is 0 Å². The molecule has 0 spiro atoms. The fourth-order valence-corrected chi connectivity index (χ4v) is 4.27. The zero-order valence-corrected chi connectivity index (χ0v) is 15.6. The second kappa shape index (κ2) is 6.73. The van der Waals surface area contributed by atoms with E-state index in [2.05, 4.69) is 81.7 Å². The predicted molar refractivity (Wildman–Crippen MR) is 104 cm³/mol. The lowest BCUT2D eigenvalue weighted by Gasteiger charge is -2.23. The van der Waals surface area contributed by atoms with Gasteiger partial charge in [-0.05, 0) is 55.5 Å². The van der Waals surface area contributed by atoms with Gasteiger partial charge in [-0.2, -0.15) is 0 Å². The van der Waals surface area contributed by atoms with Crippen molar-refractivity contribution in [3.8, 4) is 0 Å². The molecule has 4 rings (SSSR count). The van der Waals surface area contributed by atoms with Gasteiger partial charge < -0.3 is 10.3 Å². The third kappa shape index (κ3) is 3.03. The molecule has 2 nitrogen and oxygen atoms in total. The van der Waals surface area contributed by atoms with Gasteiger partial charge in [0, 0.05) is 33.2 Å². The number of hydrogen-bond acceptors (Lipinski definition) is 1. The summed E-state index contributed by atoms with van der Waals surface area (Å²) in [7, 11) is 0. The van der Waals surface area contributed by atoms with E-state index in [4.69, 9.17) is 0 Å². The number of aromatic nitrogens is 1. The van der Waals surface area contributed by atoms with Crippen molar-refractivity contribution < 1.29 is 0 Å². The van der Waals surface area contributed by atoms with Crippen LogP contribution in [0.5, 0.6) is 0 Å². The minimum absolute atomic E-state index is 0.347. The number of benzene rings is 2. The van der Waals surface area contributed by atoms with Gasteiger partial charge in [0.2, 0.25) is 0 Å². The van der Waals surface area contributed by atoms with Crippen LogP contribution in [0.25, 0.3) is 10.9 Å². The minimum atomic E-state index is 0.347. The van der Waals surface area contributed by atoms with Gasteiger partial charge in [-0.25, -0.2) is 0 Å². The van der Waals surface area contributed by atoms with Crippen LogP contribution >= 0.6 is 15.9 Å². The van der Waals surface area contributed by atoms with Gasteiger partial charge in [0.15, 0.2) is 0 Å². The van der Waals surface area contributed by atoms with Gasteiger partial charge in [-0.15, -0.1) is 0 Å². The minimum Gasteiger partial charge on any atom is -0.357 e. The fraction of sp³-hybridized carbons (Fsp3) is 0.333. The summed E-state index contributed by atoms with van der Waals surface area (Å²) in [4.78, 5) is 3.71. The summed E-state index contributed by atoms with van der Waals surface area (Å²) in [6, 6.07) is 18.0. The molecule has 124 valence electrons. The van der Waals surface area contributed by atoms with Crippen molar-refractivity contribution >= 4 is 26.8 Å². The third-order valence-corrected chi connectivity index (χ3v) is 5.66. The molecule has 1 aliphatic carbocycles. The molecule has 0 amide bonds. The van der Waals surface area contributed by atoms with E-state index < -0.39 is 0 Å². The molecule has 1 aromatic heterocycles. The zero-order valence-electron chi connectivity index (χ0n) is 14.0. The number of rotatable bonds is 3. The lowest BCUT2D eigenvalue weighted by Crippen LogP contribution is -2.25. The predicted octanol–water partition coefficient (Wildman–Crippen LogP) is 6.05. The van der Waals surface area contributed by atoms with E-state index in [1.807, 2.05) is 0 Å². The maximum Gasteiger partial charge on any atom is 0.0480 e. The van der Waals surface area contributed by atoms with Gasteiger partial charge in [-0.1, -0.05) is 52.7 Å². The topological polar surface area (TPSA) is 27.8 Å². The van der Waals surface area contributed by atoms with Crippen molar-refractivity contribution in [1.29, 1.82) is 0 Å². The first-order valence-corrected chi connectivity index (χ1v) is 9.62. The molecule has 0 fully saturated rings. The molecule has 0 bridgehead atoms. The summed E-state index contributed by atoms with van der Waals surface area (Å²) >= 11 is 3.62. The van der Waals surface area contributed by atoms with Crippen molar-refractivity contribution in [1.82, 2.24) is 10.3 Å². The molecule has 2 unspecified atom stereocenters. The highest BCUT2D eigenvalue weighted by molar-refractivity contribution is 9.10. The monoisotopic (exact) mass is 382 g/mol. The molecule has 0 radical (unpaired) electrons. The van der Waals surface area contributed by atoms with E-state index in [1.54, 1.807) is 0 Å². The first-order valence-electron chi connectivity index (χ1n) is 8.83. The summed E-state index contributed by atoms with van der Waals surface area (Å²) in [5.41, 5.74) is 5.50. The lowest BCUT2D eigenvalue weighted by molar-refractivity contribution is 0.431. The molecule has 24 heavy (non-hydrogen) atoms. The first kappa shape index (κ1) is 15.9. The van der Waals surface area contributed by atoms with Crippen molar-refractivity contribution in [3.63, 3.8) is 0 Å². The van der Waals surface area contributed by atoms with E-state index in [9.17, 15) is 0 Å². The molecule has 2 atom stereocenters. The number of fused-ring (bicyclic) bond motifs is 3. The molecule has 1 aliphatic rings. The van der Waals surface area contributed by atoms with E-state index in [0.29, 0.717) is 12.1 Å². The molecular formula is C21H23BrN2. The average Bonchev–Trinajstić information content (AvgIpc) is 2.84. The van der Waals surface area contributed by atoms with E-state index in [1.165, 1.54) is 53.4 Å². The smallest absolute Gasteiger partial charge is 0.0480 e. The van der Waals surface area contributed by atoms with Crippen LogP contribution in [0, 0.1) is 0 Å². The van der Waals surface area contributed by atoms with Crippen molar-refractivity contribution in [2.24, 2.45) is 0 Å². The molecule has 1 heterocycles. The van der Waals surface area contributed by atoms with Crippen LogP contribution in [-0.4, -0.2) is 4.98 Å². The fourth-order valence-electron chi connectivity index (χ4n) is 3.91. The van der Waals surface area contributed by atoms with Crippen LogP contribution in [0.2, 0.25) is 0 Å². The Morgan fingerprint density at radius 3 is 2.79 bits per heavy atom. The van der Waals surface area contributed by atoms with Gasteiger partial charge in [0.1, 0.15) is 0 Å². The van der Waals surface area contributed by atoms with Crippen LogP contribution in [0.1, 0.15) is 55.1 Å². The Kier molecular flexibility index (Phi) is 4.47. The second-order valence-corrected chi connectivity index (χ2v) is 7.72. The van der Waals surface area contributed by atoms with Gasteiger partial charge >= 0.3 is 0 Å². The molecule has 3 heteroatoms. The van der Waals surface area contributed by atoms with E-state index in [0.717, 1.165) is 4.47 Å². The number of aromatic amines is 1. The Bertz CT molecular complexity index is 838. The normalized spacial score (nSPS) is 19.0. The number of nitrogens with one attached hydrogen (secondary N) is 2. The Morgan fingerprint density at radius 1 is 1.12 bits per heavy atom. The Hall–Kier alpha value is -1.58. The zero-order chi connectivity index (χ0) is 16.5. The third-order valence-electron chi connectivity index (χ3n) is 5.17. The average molecular weight is 383 g/mol. The molecular weight excluding hydrogens is 360 g/mol. The van der Waals surface area contributed by atoms with Gasteiger partial charge in [-0.3, -0.25) is 0 Å². The summed E-state index contributed by atoms with van der Waals surface area (Å²) in [6.45, 7) is 2.26. The number of aryl methyl sites for hydroxylation is 1. The van der Waals surface area contributed by atoms with Gasteiger partial charge in [0.25, 0.3) is 0 Å². The molecule has 2 N–H and O–H groups in total. The van der Waals surface area contributed by atoms with E-state index >= 15 is 0 Å². The Balaban J connectivity index is 1.69. The Labute approximate surface area is 151 Å². The largest absolute Gasteiger partial charge is 0.357 e. The maximum absolute atomic E-state index is 3.86. The number of H-pyrrole nitrogens is 1. The van der Waals surface area contributed by atoms with Crippen molar-refractivity contribution in [2.75, 3.05) is 0 Å². The number of hydrogen-bond donors (Lipinski definition) is 2. The van der Waals surface area contributed by atoms with Crippen molar-refractivity contribution in [2.45, 2.75) is 44.7 Å². The molecule has 0 saturated heterocycles. The highest BCUT2D eigenvalue weighted by Gasteiger charge is 2.24. The molecule has 0 aliphatic heterocycles. The highest BCUT2D eigenvalue weighted by atomic mass is 79.9. The summed E-state index contributed by atoms with van der Waals surface area (Å²) < 4.78 is 1.16. The van der Waals surface area contributed by atoms with Crippen LogP contribution < -0.4 is 5.32 Å². The summed E-state index contributed by atoms with van der Waals surface area (Å²) in [5.74, 6) is 0. The van der Waals surface area contributed by atoms with Crippen LogP contribution in [0.15, 0.2) is 53.0 Å². The van der Waals surface area contributed by atoms with E-state index in [-0.39, 0.29) is 0 Å². The Morgan fingerprint density at radius 2 is 1.96 bits per heavy atom. The first-order chi connectivity index (χ1) is 11.7. The molecule has 0 saturated carbocycles. The quantitative estimate of drug-likeness (QED) is 0.530. The molecule has 2 aromatic carbocycles. The standard InChI is InChI=1S/C21H23BrN2/c1-14(15-7-3-2-4-8-15)23-20-10-6-5-9-17-18-13-16(22)11-12-19(18)24-21(17)20/h2-4,7-8,11-14,20,23-24H,5-6,9-10H2,1H3. The molecule has 3 aromatic rings. The number of halogens is 1. The van der Waals surface area contributed by atoms with Crippen LogP contribution in [-0.2, 0) is 6.42 Å². The maximum atomic E-state index is 3.86. The SMILES string of the molecule is CC(NC1CCCCc2c1[nH]c1ccc(Br)cc21)c1ccccc1. The summed E-state index contributed by atoms with van der Waals surface area (Å²) in [5, 5.41) is 5.24. The van der Waals surface area contributed by atoms with Crippen LogP contribution in [0.3, 0.4) is 0 Å². The van der Waals surface area contributed by atoms with Crippen molar-refractivity contribution in [3.05, 3.63) is 69.8 Å². The second-order valence-electron chi connectivity index (χ2n) is 6.80. The lowest BCUT2D eigenvalue weighted by atomic mass is 10.0. The highest BCUT2D eigenvalue weighted by Crippen LogP contribution is 2.36.